The van der Waals surface area contributed by atoms with Gasteiger partial charge in [-0.3, -0.25) is 4.79 Å². The Balaban J connectivity index is 1.95. The molecule has 5 nitrogen and oxygen atoms in total. The van der Waals surface area contributed by atoms with E-state index in [2.05, 4.69) is 36.1 Å². The molecule has 2 rings (SSSR count). The van der Waals surface area contributed by atoms with E-state index in [0.29, 0.717) is 5.41 Å². The molecule has 21 heavy (non-hydrogen) atoms. The van der Waals surface area contributed by atoms with Crippen molar-refractivity contribution >= 4 is 11.7 Å². The Bertz CT molecular complexity index is 495. The molecule has 1 heterocycles. The van der Waals surface area contributed by atoms with Gasteiger partial charge in [-0.1, -0.05) is 27.2 Å². The molecule has 0 radical (unpaired) electrons. The van der Waals surface area contributed by atoms with E-state index in [-0.39, 0.29) is 23.5 Å². The second-order valence-electron chi connectivity index (χ2n) is 7.03. The molecule has 1 saturated carbocycles. The van der Waals surface area contributed by atoms with Crippen LogP contribution in [0.3, 0.4) is 0 Å². The fourth-order valence-corrected chi connectivity index (χ4v) is 3.09. The average Bonchev–Trinajstić information content (AvgIpc) is 2.64. The summed E-state index contributed by atoms with van der Waals surface area (Å²) in [6, 6.07) is 0.214. The van der Waals surface area contributed by atoms with Crippen LogP contribution in [0, 0.1) is 11.3 Å². The van der Waals surface area contributed by atoms with Crippen molar-refractivity contribution in [1.82, 2.24) is 15.3 Å². The molecule has 0 unspecified atom stereocenters. The van der Waals surface area contributed by atoms with Crippen LogP contribution in [0.15, 0.2) is 12.4 Å². The predicted octanol–water partition coefficient (Wildman–Crippen LogP) is 2.78. The van der Waals surface area contributed by atoms with Crippen LogP contribution >= 0.6 is 0 Å². The van der Waals surface area contributed by atoms with Crippen molar-refractivity contribution in [2.45, 2.75) is 58.9 Å². The number of rotatable bonds is 2. The smallest absolute Gasteiger partial charge is 0.273 e. The van der Waals surface area contributed by atoms with Crippen molar-refractivity contribution in [1.29, 1.82) is 0 Å². The summed E-state index contributed by atoms with van der Waals surface area (Å²) >= 11 is 0. The third kappa shape index (κ3) is 4.16. The number of carbonyl (C=O) groups is 1. The van der Waals surface area contributed by atoms with Crippen molar-refractivity contribution in [2.75, 3.05) is 5.73 Å². The van der Waals surface area contributed by atoms with E-state index in [9.17, 15) is 4.79 Å². The molecule has 0 aliphatic heterocycles. The normalized spacial score (nSPS) is 23.4. The van der Waals surface area contributed by atoms with Gasteiger partial charge in [-0.2, -0.15) is 0 Å². The van der Waals surface area contributed by atoms with Crippen LogP contribution in [-0.2, 0) is 0 Å². The highest BCUT2D eigenvalue weighted by molar-refractivity contribution is 5.96. The van der Waals surface area contributed by atoms with Crippen molar-refractivity contribution in [3.05, 3.63) is 18.1 Å². The second kappa shape index (κ2) is 6.41. The molecule has 1 fully saturated rings. The summed E-state index contributed by atoms with van der Waals surface area (Å²) in [5.74, 6) is 0.706. The molecule has 1 amide bonds. The first kappa shape index (κ1) is 15.7. The third-order valence-corrected chi connectivity index (χ3v) is 4.47. The summed E-state index contributed by atoms with van der Waals surface area (Å²) in [7, 11) is 0. The van der Waals surface area contributed by atoms with E-state index in [1.54, 1.807) is 0 Å². The number of amides is 1. The third-order valence-electron chi connectivity index (χ3n) is 4.47. The largest absolute Gasteiger partial charge is 0.382 e. The standard InChI is InChI=1S/C16H26N4O/c1-16(2,3)11-5-4-6-12(8-7-11)20-15(21)13-14(17)19-10-9-18-13/h9-12H,4-8H2,1-3H3,(H2,17,19)(H,20,21)/t11-,12-/m0/s1. The zero-order chi connectivity index (χ0) is 15.5. The fourth-order valence-electron chi connectivity index (χ4n) is 3.09. The zero-order valence-electron chi connectivity index (χ0n) is 13.2. The summed E-state index contributed by atoms with van der Waals surface area (Å²) in [6.45, 7) is 6.91. The molecule has 5 heteroatoms. The molecule has 0 spiro atoms. The molecule has 2 atom stereocenters. The molecule has 0 bridgehead atoms. The minimum atomic E-state index is -0.209. The number of nitrogens with zero attached hydrogens (tertiary/aromatic N) is 2. The van der Waals surface area contributed by atoms with E-state index in [1.165, 1.54) is 18.8 Å². The van der Waals surface area contributed by atoms with Crippen LogP contribution in [0.2, 0.25) is 0 Å². The van der Waals surface area contributed by atoms with Gasteiger partial charge in [0.05, 0.1) is 0 Å². The van der Waals surface area contributed by atoms with Gasteiger partial charge in [0, 0.05) is 18.4 Å². The molecule has 1 aliphatic rings. The number of hydrogen-bond donors (Lipinski definition) is 2. The fraction of sp³-hybridized carbons (Fsp3) is 0.688. The van der Waals surface area contributed by atoms with Crippen LogP contribution in [0.25, 0.3) is 0 Å². The number of carbonyl (C=O) groups excluding carboxylic acids is 1. The minimum Gasteiger partial charge on any atom is -0.382 e. The van der Waals surface area contributed by atoms with Crippen molar-refractivity contribution in [3.63, 3.8) is 0 Å². The first-order valence-corrected chi connectivity index (χ1v) is 7.75. The maximum Gasteiger partial charge on any atom is 0.273 e. The van der Waals surface area contributed by atoms with Gasteiger partial charge in [0.2, 0.25) is 0 Å². The maximum atomic E-state index is 12.2. The Labute approximate surface area is 126 Å². The van der Waals surface area contributed by atoms with E-state index in [0.717, 1.165) is 31.6 Å². The number of nitrogens with one attached hydrogen (secondary N) is 1. The van der Waals surface area contributed by atoms with E-state index in [4.69, 9.17) is 5.73 Å². The highest BCUT2D eigenvalue weighted by Crippen LogP contribution is 2.36. The molecular weight excluding hydrogens is 264 g/mol. The summed E-state index contributed by atoms with van der Waals surface area (Å²) in [6.07, 6.45) is 8.59. The van der Waals surface area contributed by atoms with E-state index < -0.39 is 0 Å². The Morgan fingerprint density at radius 3 is 2.57 bits per heavy atom. The van der Waals surface area contributed by atoms with Gasteiger partial charge in [0.1, 0.15) is 0 Å². The van der Waals surface area contributed by atoms with Gasteiger partial charge >= 0.3 is 0 Å². The minimum absolute atomic E-state index is 0.191. The number of nitrogens with two attached hydrogens (primary N) is 1. The lowest BCUT2D eigenvalue weighted by Gasteiger charge is -2.29. The van der Waals surface area contributed by atoms with Crippen molar-refractivity contribution in [3.8, 4) is 0 Å². The number of anilines is 1. The first-order valence-electron chi connectivity index (χ1n) is 7.75. The Hall–Kier alpha value is -1.65. The number of aromatic nitrogens is 2. The van der Waals surface area contributed by atoms with Gasteiger partial charge in [0.25, 0.3) is 5.91 Å². The zero-order valence-corrected chi connectivity index (χ0v) is 13.2. The Morgan fingerprint density at radius 2 is 1.90 bits per heavy atom. The molecular formula is C16H26N4O. The maximum absolute atomic E-state index is 12.2. The quantitative estimate of drug-likeness (QED) is 0.821. The van der Waals surface area contributed by atoms with Crippen LogP contribution in [-0.4, -0.2) is 21.9 Å². The van der Waals surface area contributed by atoms with Crippen LogP contribution in [0.5, 0.6) is 0 Å². The first-order chi connectivity index (χ1) is 9.88. The predicted molar refractivity (Wildman–Crippen MR) is 83.7 cm³/mol. The van der Waals surface area contributed by atoms with Gasteiger partial charge in [0.15, 0.2) is 11.5 Å². The summed E-state index contributed by atoms with van der Waals surface area (Å²) in [5, 5.41) is 3.07. The van der Waals surface area contributed by atoms with Crippen molar-refractivity contribution < 1.29 is 4.79 Å². The summed E-state index contributed by atoms with van der Waals surface area (Å²) in [4.78, 5) is 20.2. The highest BCUT2D eigenvalue weighted by Gasteiger charge is 2.28. The van der Waals surface area contributed by atoms with Crippen LogP contribution < -0.4 is 11.1 Å². The second-order valence-corrected chi connectivity index (χ2v) is 7.03. The lowest BCUT2D eigenvalue weighted by molar-refractivity contribution is 0.0928. The molecule has 1 aliphatic carbocycles. The molecule has 116 valence electrons. The van der Waals surface area contributed by atoms with E-state index >= 15 is 0 Å². The Kier molecular flexibility index (Phi) is 4.80. The van der Waals surface area contributed by atoms with Gasteiger partial charge < -0.3 is 11.1 Å². The summed E-state index contributed by atoms with van der Waals surface area (Å²) < 4.78 is 0. The molecule has 3 N–H and O–H groups in total. The monoisotopic (exact) mass is 290 g/mol. The molecule has 0 aromatic carbocycles. The molecule has 1 aromatic heterocycles. The van der Waals surface area contributed by atoms with Crippen molar-refractivity contribution in [2.24, 2.45) is 11.3 Å². The summed E-state index contributed by atoms with van der Waals surface area (Å²) in [5.41, 5.74) is 6.27. The van der Waals surface area contributed by atoms with Crippen LogP contribution in [0.1, 0.15) is 63.4 Å². The van der Waals surface area contributed by atoms with E-state index in [1.807, 2.05) is 0 Å². The average molecular weight is 290 g/mol. The van der Waals surface area contributed by atoms with Gasteiger partial charge in [-0.15, -0.1) is 0 Å². The molecule has 1 aromatic rings. The number of nitrogen functional groups attached to an aromatic ring is 1. The topological polar surface area (TPSA) is 80.9 Å². The highest BCUT2D eigenvalue weighted by atomic mass is 16.2. The SMILES string of the molecule is CC(C)(C)[C@H]1CCC[C@H](NC(=O)c2nccnc2N)CC1. The lowest BCUT2D eigenvalue weighted by Crippen LogP contribution is -2.35. The number of hydrogen-bond acceptors (Lipinski definition) is 4. The lowest BCUT2D eigenvalue weighted by atomic mass is 9.76. The van der Waals surface area contributed by atoms with Gasteiger partial charge in [-0.05, 0) is 37.0 Å². The Morgan fingerprint density at radius 1 is 1.19 bits per heavy atom. The van der Waals surface area contributed by atoms with Crippen LogP contribution in [0.4, 0.5) is 5.82 Å². The molecule has 0 saturated heterocycles. The van der Waals surface area contributed by atoms with Gasteiger partial charge in [-0.25, -0.2) is 9.97 Å².